The van der Waals surface area contributed by atoms with Crippen LogP contribution in [0.1, 0.15) is 20.3 Å². The molecule has 56 valence electrons. The molecular formula is C5H12O3P-. The maximum Gasteiger partial charge on any atom is 0.0828 e. The third-order valence-corrected chi connectivity index (χ3v) is 1.50. The van der Waals surface area contributed by atoms with E-state index in [-0.39, 0.29) is 0 Å². The van der Waals surface area contributed by atoms with Crippen molar-refractivity contribution in [2.24, 2.45) is 0 Å². The summed E-state index contributed by atoms with van der Waals surface area (Å²) in [6.45, 7) is 4.69. The summed E-state index contributed by atoms with van der Waals surface area (Å²) >= 11 is 0. The Bertz CT molecular complexity index is 60.2. The molecule has 0 N–H and O–H groups in total. The first-order valence-electron chi connectivity index (χ1n) is 3.04. The third kappa shape index (κ3) is 6.19. The van der Waals surface area contributed by atoms with Crippen molar-refractivity contribution in [1.29, 1.82) is 0 Å². The summed E-state index contributed by atoms with van der Waals surface area (Å²) in [4.78, 5) is 10.5. The predicted molar refractivity (Wildman–Crippen MR) is 34.8 cm³/mol. The minimum Gasteiger partial charge on any atom is -0.786 e. The Morgan fingerprint density at radius 2 is 2.00 bits per heavy atom. The van der Waals surface area contributed by atoms with Crippen molar-refractivity contribution in [2.45, 2.75) is 20.3 Å². The Morgan fingerprint density at radius 1 is 1.33 bits per heavy atom. The summed E-state index contributed by atoms with van der Waals surface area (Å²) in [6.07, 6.45) is 0.869. The van der Waals surface area contributed by atoms with Crippen molar-refractivity contribution < 1.29 is 13.9 Å². The van der Waals surface area contributed by atoms with E-state index in [2.05, 4.69) is 4.52 Å². The van der Waals surface area contributed by atoms with Gasteiger partial charge in [-0.15, -0.1) is 0 Å². The van der Waals surface area contributed by atoms with Gasteiger partial charge in [0.2, 0.25) is 0 Å². The van der Waals surface area contributed by atoms with Gasteiger partial charge in [0.25, 0.3) is 0 Å². The van der Waals surface area contributed by atoms with Crippen molar-refractivity contribution in [1.82, 2.24) is 0 Å². The monoisotopic (exact) mass is 151 g/mol. The summed E-state index contributed by atoms with van der Waals surface area (Å²) in [5.74, 6) is 0. The fourth-order valence-corrected chi connectivity index (χ4v) is 0.925. The Kier molecular flexibility index (Phi) is 6.65. The molecule has 9 heavy (non-hydrogen) atoms. The second-order valence-corrected chi connectivity index (χ2v) is 2.44. The number of hydrogen-bond acceptors (Lipinski definition) is 3. The van der Waals surface area contributed by atoms with Gasteiger partial charge in [0.05, 0.1) is 15.2 Å². The fraction of sp³-hybridized carbons (Fsp3) is 1.00. The lowest BCUT2D eigenvalue weighted by Crippen LogP contribution is -2.02. The predicted octanol–water partition coefficient (Wildman–Crippen LogP) is 1.04. The Balaban J connectivity index is 2.95. The van der Waals surface area contributed by atoms with Crippen LogP contribution in [-0.4, -0.2) is 13.2 Å². The van der Waals surface area contributed by atoms with Gasteiger partial charge < -0.3 is 13.9 Å². The molecule has 0 aliphatic rings. The number of rotatable bonds is 5. The van der Waals surface area contributed by atoms with E-state index in [1.807, 2.05) is 6.92 Å². The summed E-state index contributed by atoms with van der Waals surface area (Å²) in [5.41, 5.74) is 0. The highest BCUT2D eigenvalue weighted by atomic mass is 31.2. The highest BCUT2D eigenvalue weighted by Gasteiger charge is 1.89. The normalized spacial score (nSPS) is 13.7. The summed E-state index contributed by atoms with van der Waals surface area (Å²) < 4.78 is 9.35. The fourth-order valence-electron chi connectivity index (χ4n) is 0.308. The van der Waals surface area contributed by atoms with Crippen LogP contribution in [-0.2, 0) is 9.05 Å². The zero-order valence-corrected chi connectivity index (χ0v) is 6.69. The average Bonchev–Trinajstić information content (AvgIpc) is 1.85. The summed E-state index contributed by atoms with van der Waals surface area (Å²) in [5, 5.41) is 0. The SMILES string of the molecule is CCCOP([O-])OCC. The van der Waals surface area contributed by atoms with E-state index in [0.717, 1.165) is 6.42 Å². The topological polar surface area (TPSA) is 41.5 Å². The van der Waals surface area contributed by atoms with E-state index in [1.165, 1.54) is 0 Å². The molecule has 0 heterocycles. The molecule has 0 aromatic rings. The largest absolute Gasteiger partial charge is 0.786 e. The Hall–Kier alpha value is 0.310. The molecule has 3 nitrogen and oxygen atoms in total. The first-order chi connectivity index (χ1) is 4.31. The molecule has 0 amide bonds. The van der Waals surface area contributed by atoms with E-state index in [1.54, 1.807) is 6.92 Å². The van der Waals surface area contributed by atoms with Crippen molar-refractivity contribution in [3.8, 4) is 0 Å². The number of hydrogen-bond donors (Lipinski definition) is 0. The van der Waals surface area contributed by atoms with Crippen LogP contribution in [0, 0.1) is 0 Å². The van der Waals surface area contributed by atoms with Gasteiger partial charge in [-0.25, -0.2) is 0 Å². The highest BCUT2D eigenvalue weighted by Crippen LogP contribution is 2.26. The zero-order valence-electron chi connectivity index (χ0n) is 5.79. The van der Waals surface area contributed by atoms with Crippen molar-refractivity contribution in [3.05, 3.63) is 0 Å². The van der Waals surface area contributed by atoms with Crippen LogP contribution in [0.2, 0.25) is 0 Å². The van der Waals surface area contributed by atoms with Gasteiger partial charge in [0.15, 0.2) is 0 Å². The molecule has 0 aliphatic carbocycles. The smallest absolute Gasteiger partial charge is 0.0828 e. The molecule has 1 atom stereocenters. The van der Waals surface area contributed by atoms with E-state index in [0.29, 0.717) is 13.2 Å². The average molecular weight is 151 g/mol. The molecule has 0 saturated carbocycles. The first kappa shape index (κ1) is 9.31. The molecule has 0 aliphatic heterocycles. The van der Waals surface area contributed by atoms with Crippen molar-refractivity contribution in [2.75, 3.05) is 13.2 Å². The van der Waals surface area contributed by atoms with E-state index >= 15 is 0 Å². The van der Waals surface area contributed by atoms with E-state index < -0.39 is 8.60 Å². The van der Waals surface area contributed by atoms with Crippen LogP contribution in [0.3, 0.4) is 0 Å². The molecule has 1 unspecified atom stereocenters. The molecular weight excluding hydrogens is 139 g/mol. The summed E-state index contributed by atoms with van der Waals surface area (Å²) in [7, 11) is -1.84. The standard InChI is InChI=1S/C5H12O3P/c1-3-5-8-9(6)7-4-2/h3-5H2,1-2H3/q-1. The van der Waals surface area contributed by atoms with Gasteiger partial charge in [-0.1, -0.05) is 6.92 Å². The molecule has 0 radical (unpaired) electrons. The van der Waals surface area contributed by atoms with Gasteiger partial charge in [-0.3, -0.25) is 0 Å². The van der Waals surface area contributed by atoms with Gasteiger partial charge in [-0.2, -0.15) is 0 Å². The van der Waals surface area contributed by atoms with Gasteiger partial charge >= 0.3 is 0 Å². The molecule has 4 heteroatoms. The third-order valence-electron chi connectivity index (χ3n) is 0.635. The van der Waals surface area contributed by atoms with Crippen LogP contribution in [0.5, 0.6) is 0 Å². The minimum atomic E-state index is -1.84. The molecule has 0 rings (SSSR count). The summed E-state index contributed by atoms with van der Waals surface area (Å²) in [6, 6.07) is 0. The Labute approximate surface area is 57.0 Å². The van der Waals surface area contributed by atoms with Gasteiger partial charge in [0, 0.05) is 6.61 Å². The van der Waals surface area contributed by atoms with E-state index in [4.69, 9.17) is 4.52 Å². The molecule has 0 saturated heterocycles. The molecule has 0 fully saturated rings. The van der Waals surface area contributed by atoms with Crippen LogP contribution in [0.4, 0.5) is 0 Å². The highest BCUT2D eigenvalue weighted by molar-refractivity contribution is 7.39. The van der Waals surface area contributed by atoms with E-state index in [9.17, 15) is 4.89 Å². The molecule has 0 aromatic carbocycles. The lowest BCUT2D eigenvalue weighted by atomic mass is 10.5. The minimum absolute atomic E-state index is 0.443. The second-order valence-electron chi connectivity index (χ2n) is 1.47. The van der Waals surface area contributed by atoms with Crippen LogP contribution >= 0.6 is 8.60 Å². The van der Waals surface area contributed by atoms with Crippen LogP contribution in [0.25, 0.3) is 0 Å². The Morgan fingerprint density at radius 3 is 2.44 bits per heavy atom. The zero-order chi connectivity index (χ0) is 7.11. The lowest BCUT2D eigenvalue weighted by Gasteiger charge is -2.20. The maximum absolute atomic E-state index is 10.5. The lowest BCUT2D eigenvalue weighted by molar-refractivity contribution is -0.203. The molecule has 0 bridgehead atoms. The first-order valence-corrected chi connectivity index (χ1v) is 4.13. The van der Waals surface area contributed by atoms with Gasteiger partial charge in [0.1, 0.15) is 0 Å². The van der Waals surface area contributed by atoms with Crippen molar-refractivity contribution >= 4 is 8.60 Å². The van der Waals surface area contributed by atoms with Crippen LogP contribution in [0.15, 0.2) is 0 Å². The second kappa shape index (κ2) is 6.43. The van der Waals surface area contributed by atoms with Crippen LogP contribution < -0.4 is 4.89 Å². The molecule has 0 aromatic heterocycles. The quantitative estimate of drug-likeness (QED) is 0.551. The molecule has 0 spiro atoms. The van der Waals surface area contributed by atoms with Gasteiger partial charge in [-0.05, 0) is 13.3 Å². The maximum atomic E-state index is 10.5. The van der Waals surface area contributed by atoms with Crippen molar-refractivity contribution in [3.63, 3.8) is 0 Å².